The Labute approximate surface area is 360 Å². The number of aromatic nitrogens is 2. The van der Waals surface area contributed by atoms with Gasteiger partial charge in [-0.05, 0) is 69.7 Å². The van der Waals surface area contributed by atoms with Gasteiger partial charge in [0.1, 0.15) is 65.9 Å². The number of nitriles is 2. The molecular weight excluding hydrogens is 834 g/mol. The van der Waals surface area contributed by atoms with Crippen LogP contribution >= 0.6 is 23.4 Å². The summed E-state index contributed by atoms with van der Waals surface area (Å²) >= 11 is 7.16. The summed E-state index contributed by atoms with van der Waals surface area (Å²) < 4.78 is 22.6. The van der Waals surface area contributed by atoms with Crippen molar-refractivity contribution in [1.29, 1.82) is 10.5 Å². The highest BCUT2D eigenvalue weighted by Crippen LogP contribution is 2.37. The Morgan fingerprint density at radius 1 is 0.869 bits per heavy atom. The number of ether oxygens (including phenoxy) is 3. The Morgan fingerprint density at radius 2 is 1.48 bits per heavy atom. The van der Waals surface area contributed by atoms with Gasteiger partial charge in [0.2, 0.25) is 17.7 Å². The van der Waals surface area contributed by atoms with Crippen LogP contribution in [0.3, 0.4) is 0 Å². The lowest BCUT2D eigenvalue weighted by Gasteiger charge is -2.30. The number of esters is 1. The van der Waals surface area contributed by atoms with Gasteiger partial charge in [0.05, 0.1) is 35.5 Å². The van der Waals surface area contributed by atoms with Crippen molar-refractivity contribution in [2.24, 2.45) is 11.5 Å². The molecule has 324 valence electrons. The van der Waals surface area contributed by atoms with Gasteiger partial charge in [-0.2, -0.15) is 10.5 Å². The molecule has 0 saturated carbocycles. The zero-order chi connectivity index (χ0) is 45.0. The number of nitrogens with one attached hydrogen (secondary N) is 2. The zero-order valence-electron chi connectivity index (χ0n) is 33.4. The molecule has 21 heteroatoms. The fourth-order valence-electron chi connectivity index (χ4n) is 5.40. The highest BCUT2D eigenvalue weighted by molar-refractivity contribution is 7.98. The number of hydrogen-bond donors (Lipinski definition) is 8. The lowest BCUT2D eigenvalue weighted by atomic mass is 9.97. The molecule has 0 spiro atoms. The molecule has 0 fully saturated rings. The molecular formula is C40H46ClN9O10S. The highest BCUT2D eigenvalue weighted by Gasteiger charge is 2.33. The Hall–Kier alpha value is -5.81. The van der Waals surface area contributed by atoms with E-state index in [9.17, 15) is 40.2 Å². The molecule has 19 nitrogen and oxygen atoms in total. The molecule has 2 aromatic carbocycles. The molecule has 0 aliphatic heterocycles. The van der Waals surface area contributed by atoms with E-state index in [2.05, 4.69) is 26.7 Å². The normalized spacial score (nSPS) is 15.1. The third kappa shape index (κ3) is 13.1. The number of nitrogen functional groups attached to an aromatic ring is 1. The predicted molar refractivity (Wildman–Crippen MR) is 222 cm³/mol. The zero-order valence-corrected chi connectivity index (χ0v) is 35.0. The van der Waals surface area contributed by atoms with Gasteiger partial charge in [-0.25, -0.2) is 14.8 Å². The van der Waals surface area contributed by atoms with Gasteiger partial charge >= 0.3 is 5.97 Å². The van der Waals surface area contributed by atoms with Crippen molar-refractivity contribution in [3.63, 3.8) is 0 Å². The van der Waals surface area contributed by atoms with Gasteiger partial charge in [-0.1, -0.05) is 35.5 Å². The van der Waals surface area contributed by atoms with E-state index in [1.165, 1.54) is 57.9 Å². The standard InChI is InChI=1S/C40H46ClN9O10S/c1-19(44)35(53)48-32(21(3)51)39(55)59-17-28(60-40(56)33(22(4)52)49-36(54)20(2)45)16-57-27-11-7-23(8-12-27)31-29(13-42)34(46)50-38(30(31)14-43)61-18-26-15-58-37(47-26)24-5-9-25(41)10-6-24/h5-12,15,19-22,28,32-33,40,51-52,56H,16-18,44-45H2,1-4H3,(H2,46,50)(H,48,53)(H,49,54)/t19-,20-,21+,22+,28-,32-,33-,40?/m0/s1. The number of oxazole rings is 1. The second-order valence-electron chi connectivity index (χ2n) is 13.8. The van der Waals surface area contributed by atoms with Crippen LogP contribution < -0.4 is 32.6 Å². The average Bonchev–Trinajstić information content (AvgIpc) is 3.70. The van der Waals surface area contributed by atoms with Gasteiger partial charge in [0.15, 0.2) is 12.3 Å². The maximum atomic E-state index is 13.0. The van der Waals surface area contributed by atoms with Crippen LogP contribution in [0.15, 0.2) is 64.2 Å². The number of nitrogens with zero attached hydrogens (tertiary/aromatic N) is 4. The molecule has 2 aromatic heterocycles. The molecule has 11 N–H and O–H groups in total. The quantitative estimate of drug-likeness (QED) is 0.0356. The van der Waals surface area contributed by atoms with Crippen LogP contribution in [0.4, 0.5) is 5.82 Å². The van der Waals surface area contributed by atoms with Crippen LogP contribution in [0.25, 0.3) is 22.6 Å². The fourth-order valence-corrected chi connectivity index (χ4v) is 6.40. The maximum Gasteiger partial charge on any atom is 0.331 e. The summed E-state index contributed by atoms with van der Waals surface area (Å²) in [6.07, 6.45) is -4.41. The summed E-state index contributed by atoms with van der Waals surface area (Å²) in [5.74, 6) is -1.74. The first kappa shape index (κ1) is 47.9. The van der Waals surface area contributed by atoms with Gasteiger partial charge in [0.25, 0.3) is 0 Å². The molecule has 0 aliphatic carbocycles. The summed E-state index contributed by atoms with van der Waals surface area (Å²) in [7, 11) is 0. The summed E-state index contributed by atoms with van der Waals surface area (Å²) in [6.45, 7) is 4.32. The van der Waals surface area contributed by atoms with Crippen LogP contribution in [-0.4, -0.2) is 105 Å². The van der Waals surface area contributed by atoms with Crippen molar-refractivity contribution in [2.45, 2.75) is 87.2 Å². The van der Waals surface area contributed by atoms with Crippen molar-refractivity contribution in [3.8, 4) is 40.5 Å². The van der Waals surface area contributed by atoms with Crippen LogP contribution in [-0.2, 0) is 29.6 Å². The highest BCUT2D eigenvalue weighted by atomic mass is 35.5. The summed E-state index contributed by atoms with van der Waals surface area (Å²) in [4.78, 5) is 46.3. The summed E-state index contributed by atoms with van der Waals surface area (Å²) in [5.41, 5.74) is 19.4. The van der Waals surface area contributed by atoms with Crippen molar-refractivity contribution >= 4 is 47.0 Å². The minimum Gasteiger partial charge on any atom is -0.491 e. The van der Waals surface area contributed by atoms with E-state index in [-0.39, 0.29) is 39.0 Å². The van der Waals surface area contributed by atoms with Crippen LogP contribution in [0.1, 0.15) is 44.5 Å². The second kappa shape index (κ2) is 22.2. The minimum absolute atomic E-state index is 0.0262. The van der Waals surface area contributed by atoms with Crippen molar-refractivity contribution in [1.82, 2.24) is 20.6 Å². The fraction of sp³-hybridized carbons (Fsp3) is 0.375. The number of pyridine rings is 1. The Balaban J connectivity index is 1.55. The second-order valence-corrected chi connectivity index (χ2v) is 15.2. The van der Waals surface area contributed by atoms with Gasteiger partial charge in [-0.15, -0.1) is 0 Å². The number of aliphatic hydroxyl groups is 3. The number of amides is 2. The van der Waals surface area contributed by atoms with Crippen molar-refractivity contribution < 1.29 is 48.3 Å². The Bertz CT molecular complexity index is 2230. The minimum atomic E-state index is -1.88. The number of carbonyl (C=O) groups excluding carboxylic acids is 3. The molecule has 0 aliphatic rings. The summed E-state index contributed by atoms with van der Waals surface area (Å²) in [6, 6.07) is 12.4. The number of nitrogens with two attached hydrogens (primary N) is 3. The van der Waals surface area contributed by atoms with Gasteiger partial charge in [-0.3, -0.25) is 9.59 Å². The van der Waals surface area contributed by atoms with Gasteiger partial charge < -0.3 is 61.8 Å². The molecule has 8 atom stereocenters. The number of halogens is 1. The van der Waals surface area contributed by atoms with E-state index in [0.717, 1.165) is 5.56 Å². The maximum absolute atomic E-state index is 13.0. The van der Waals surface area contributed by atoms with E-state index < -0.39 is 79.8 Å². The van der Waals surface area contributed by atoms with E-state index in [1.54, 1.807) is 36.4 Å². The predicted octanol–water partition coefficient (Wildman–Crippen LogP) is 1.73. The molecule has 0 radical (unpaired) electrons. The van der Waals surface area contributed by atoms with E-state index in [1.807, 2.05) is 6.07 Å². The molecule has 4 rings (SSSR count). The topological polar surface area (TPSA) is 328 Å². The first-order valence-corrected chi connectivity index (χ1v) is 20.0. The largest absolute Gasteiger partial charge is 0.491 e. The lowest BCUT2D eigenvalue weighted by Crippen LogP contribution is -2.55. The molecule has 4 aromatic rings. The van der Waals surface area contributed by atoms with Crippen LogP contribution in [0.5, 0.6) is 5.75 Å². The van der Waals surface area contributed by atoms with E-state index in [4.69, 9.17) is 47.4 Å². The number of carbonyl (C=O) groups is 3. The third-order valence-corrected chi connectivity index (χ3v) is 10.00. The van der Waals surface area contributed by atoms with E-state index >= 15 is 0 Å². The van der Waals surface area contributed by atoms with Gasteiger partial charge in [0, 0.05) is 21.9 Å². The molecule has 1 unspecified atom stereocenters. The number of rotatable bonds is 20. The molecule has 0 bridgehead atoms. The SMILES string of the molecule is C[C@H](N)C(=O)N[C@H](C(=O)OC[C@H](COc1ccc(-c2c(C#N)c(N)nc(SCc3coc(-c4ccc(Cl)cc4)n3)c2C#N)cc1)OC(O)[C@@H](NC(=O)[C@H](C)N)[C@@H](C)O)[C@@H](C)O. The molecule has 61 heavy (non-hydrogen) atoms. The van der Waals surface area contributed by atoms with Crippen LogP contribution in [0, 0.1) is 22.7 Å². The van der Waals surface area contributed by atoms with E-state index in [0.29, 0.717) is 22.2 Å². The van der Waals surface area contributed by atoms with Crippen molar-refractivity contribution in [3.05, 3.63) is 76.6 Å². The third-order valence-electron chi connectivity index (χ3n) is 8.73. The number of benzene rings is 2. The number of aliphatic hydroxyl groups excluding tert-OH is 3. The first-order chi connectivity index (χ1) is 28.9. The monoisotopic (exact) mass is 879 g/mol. The van der Waals surface area contributed by atoms with Crippen molar-refractivity contribution in [2.75, 3.05) is 18.9 Å². The number of anilines is 1. The Kier molecular flexibility index (Phi) is 17.4. The first-order valence-electron chi connectivity index (χ1n) is 18.6. The average molecular weight is 880 g/mol. The molecule has 0 saturated heterocycles. The lowest BCUT2D eigenvalue weighted by molar-refractivity contribution is -0.191. The molecule has 2 heterocycles. The molecule has 2 amide bonds. The smallest absolute Gasteiger partial charge is 0.331 e. The summed E-state index contributed by atoms with van der Waals surface area (Å²) in [5, 5.41) is 57.3. The number of thioether (sulfide) groups is 1. The van der Waals surface area contributed by atoms with Crippen LogP contribution in [0.2, 0.25) is 5.02 Å². The Morgan fingerprint density at radius 3 is 2.05 bits per heavy atom. The number of hydrogen-bond acceptors (Lipinski definition) is 18.